The van der Waals surface area contributed by atoms with Gasteiger partial charge < -0.3 is 10.0 Å². The number of carbonyl (C=O) groups is 1. The lowest BCUT2D eigenvalue weighted by atomic mass is 9.96. The molecular weight excluding hydrogens is 202 g/mol. The summed E-state index contributed by atoms with van der Waals surface area (Å²) in [6.07, 6.45) is 1.68. The largest absolute Gasteiger partial charge is 0.481 e. The Hall–Kier alpha value is -1.51. The zero-order chi connectivity index (χ0) is 11.3. The molecule has 1 fully saturated rings. The molecule has 0 saturated carbocycles. The first-order valence-corrected chi connectivity index (χ1v) is 5.76. The van der Waals surface area contributed by atoms with Gasteiger partial charge in [-0.1, -0.05) is 12.1 Å². The lowest BCUT2D eigenvalue weighted by molar-refractivity contribution is -0.141. The number of carboxylic acids is 1. The van der Waals surface area contributed by atoms with E-state index in [1.165, 1.54) is 16.8 Å². The van der Waals surface area contributed by atoms with Crippen LogP contribution in [0.4, 0.5) is 5.69 Å². The van der Waals surface area contributed by atoms with Gasteiger partial charge in [0.05, 0.1) is 5.92 Å². The summed E-state index contributed by atoms with van der Waals surface area (Å²) < 4.78 is 0. The highest BCUT2D eigenvalue weighted by molar-refractivity contribution is 5.75. The van der Waals surface area contributed by atoms with Crippen LogP contribution >= 0.6 is 0 Å². The van der Waals surface area contributed by atoms with Crippen LogP contribution in [0.2, 0.25) is 0 Å². The van der Waals surface area contributed by atoms with Crippen molar-refractivity contribution in [2.45, 2.75) is 25.8 Å². The van der Waals surface area contributed by atoms with E-state index in [1.807, 2.05) is 0 Å². The third kappa shape index (κ3) is 1.24. The molecule has 0 bridgehead atoms. The maximum absolute atomic E-state index is 11.1. The van der Waals surface area contributed by atoms with Crippen LogP contribution in [0.25, 0.3) is 0 Å². The number of aliphatic carboxylic acids is 1. The molecule has 0 aliphatic carbocycles. The van der Waals surface area contributed by atoms with E-state index in [2.05, 4.69) is 30.0 Å². The fourth-order valence-corrected chi connectivity index (χ4v) is 3.03. The molecule has 1 aromatic carbocycles. The highest BCUT2D eigenvalue weighted by Gasteiger charge is 2.43. The molecule has 2 atom stereocenters. The second kappa shape index (κ2) is 3.24. The van der Waals surface area contributed by atoms with Crippen LogP contribution in [0.3, 0.4) is 0 Å². The van der Waals surface area contributed by atoms with Crippen LogP contribution in [0.1, 0.15) is 17.5 Å². The molecule has 2 heterocycles. The molecule has 2 aliphatic rings. The predicted molar refractivity (Wildman–Crippen MR) is 61.8 cm³/mol. The van der Waals surface area contributed by atoms with Crippen molar-refractivity contribution >= 4 is 11.7 Å². The molecule has 2 unspecified atom stereocenters. The first kappa shape index (κ1) is 9.70. The summed E-state index contributed by atoms with van der Waals surface area (Å²) in [5.74, 6) is -0.829. The zero-order valence-corrected chi connectivity index (χ0v) is 9.31. The van der Waals surface area contributed by atoms with Crippen molar-refractivity contribution in [1.82, 2.24) is 0 Å². The van der Waals surface area contributed by atoms with Gasteiger partial charge in [0.1, 0.15) is 0 Å². The van der Waals surface area contributed by atoms with Crippen molar-refractivity contribution in [3.63, 3.8) is 0 Å². The number of rotatable bonds is 1. The monoisotopic (exact) mass is 217 g/mol. The number of fused-ring (bicyclic) bond motifs is 3. The second-order valence-corrected chi connectivity index (χ2v) is 4.83. The third-order valence-electron chi connectivity index (χ3n) is 3.84. The molecule has 1 aromatic rings. The van der Waals surface area contributed by atoms with Crippen LogP contribution < -0.4 is 4.90 Å². The highest BCUT2D eigenvalue weighted by atomic mass is 16.4. The van der Waals surface area contributed by atoms with Crippen molar-refractivity contribution in [3.8, 4) is 0 Å². The minimum absolute atomic E-state index is 0.187. The van der Waals surface area contributed by atoms with Gasteiger partial charge in [-0.3, -0.25) is 4.79 Å². The predicted octanol–water partition coefficient (Wildman–Crippen LogP) is 1.83. The summed E-state index contributed by atoms with van der Waals surface area (Å²) in [5.41, 5.74) is 3.81. The Morgan fingerprint density at radius 1 is 1.50 bits per heavy atom. The Morgan fingerprint density at radius 3 is 3.06 bits per heavy atom. The second-order valence-electron chi connectivity index (χ2n) is 4.83. The van der Waals surface area contributed by atoms with E-state index < -0.39 is 5.97 Å². The maximum Gasteiger partial charge on any atom is 0.308 e. The van der Waals surface area contributed by atoms with Gasteiger partial charge in [-0.25, -0.2) is 0 Å². The van der Waals surface area contributed by atoms with Crippen LogP contribution in [0, 0.1) is 12.8 Å². The van der Waals surface area contributed by atoms with Gasteiger partial charge in [-0.2, -0.15) is 0 Å². The number of anilines is 1. The van der Waals surface area contributed by atoms with Gasteiger partial charge in [0, 0.05) is 18.3 Å². The molecule has 0 aromatic heterocycles. The van der Waals surface area contributed by atoms with Crippen LogP contribution in [-0.4, -0.2) is 23.7 Å². The Morgan fingerprint density at radius 2 is 2.31 bits per heavy atom. The first-order chi connectivity index (χ1) is 7.66. The summed E-state index contributed by atoms with van der Waals surface area (Å²) in [7, 11) is 0. The van der Waals surface area contributed by atoms with E-state index in [1.54, 1.807) is 0 Å². The quantitative estimate of drug-likeness (QED) is 0.780. The first-order valence-electron chi connectivity index (χ1n) is 5.76. The molecule has 3 nitrogen and oxygen atoms in total. The van der Waals surface area contributed by atoms with Crippen LogP contribution in [0.5, 0.6) is 0 Å². The maximum atomic E-state index is 11.1. The fraction of sp³-hybridized carbons (Fsp3) is 0.462. The fourth-order valence-electron chi connectivity index (χ4n) is 3.03. The van der Waals surface area contributed by atoms with Gasteiger partial charge in [-0.05, 0) is 37.0 Å². The molecule has 1 saturated heterocycles. The molecule has 1 N–H and O–H groups in total. The van der Waals surface area contributed by atoms with Crippen LogP contribution in [0.15, 0.2) is 18.2 Å². The number of benzene rings is 1. The lowest BCUT2D eigenvalue weighted by Gasteiger charge is -2.20. The summed E-state index contributed by atoms with van der Waals surface area (Å²) in [4.78, 5) is 13.4. The van der Waals surface area contributed by atoms with Crippen molar-refractivity contribution in [2.24, 2.45) is 5.92 Å². The number of hydrogen-bond acceptors (Lipinski definition) is 2. The van der Waals surface area contributed by atoms with E-state index in [4.69, 9.17) is 5.11 Å². The summed E-state index contributed by atoms with van der Waals surface area (Å²) in [6.45, 7) is 2.97. The summed E-state index contributed by atoms with van der Waals surface area (Å²) >= 11 is 0. The van der Waals surface area contributed by atoms with E-state index in [-0.39, 0.29) is 12.0 Å². The molecule has 2 aliphatic heterocycles. The van der Waals surface area contributed by atoms with Gasteiger partial charge >= 0.3 is 5.97 Å². The Balaban J connectivity index is 1.98. The van der Waals surface area contributed by atoms with Crippen molar-refractivity contribution in [1.29, 1.82) is 0 Å². The zero-order valence-electron chi connectivity index (χ0n) is 9.31. The number of carboxylic acid groups (broad SMARTS) is 1. The van der Waals surface area contributed by atoms with E-state index in [0.29, 0.717) is 0 Å². The van der Waals surface area contributed by atoms with Gasteiger partial charge in [0.15, 0.2) is 0 Å². The molecule has 0 spiro atoms. The molecule has 0 radical (unpaired) electrons. The summed E-state index contributed by atoms with van der Waals surface area (Å²) in [6, 6.07) is 6.62. The number of hydrogen-bond donors (Lipinski definition) is 1. The molecule has 3 rings (SSSR count). The van der Waals surface area contributed by atoms with Crippen LogP contribution in [-0.2, 0) is 11.2 Å². The van der Waals surface area contributed by atoms with Gasteiger partial charge in [-0.15, -0.1) is 0 Å². The van der Waals surface area contributed by atoms with E-state index >= 15 is 0 Å². The van der Waals surface area contributed by atoms with Crippen molar-refractivity contribution in [2.75, 3.05) is 11.4 Å². The SMILES string of the molecule is Cc1ccc2c(c1)N1CCC(C(=O)O)C1C2. The molecular formula is C13H15NO2. The standard InChI is InChI=1S/C13H15NO2/c1-8-2-3-9-7-12-10(13(15)16)4-5-14(12)11(9)6-8/h2-3,6,10,12H,4-5,7H2,1H3,(H,15,16). The lowest BCUT2D eigenvalue weighted by Crippen LogP contribution is -2.32. The molecule has 84 valence electrons. The minimum Gasteiger partial charge on any atom is -0.481 e. The van der Waals surface area contributed by atoms with E-state index in [0.717, 1.165) is 19.4 Å². The summed E-state index contributed by atoms with van der Waals surface area (Å²) in [5, 5.41) is 9.17. The Bertz CT molecular complexity index is 455. The number of nitrogens with zero attached hydrogens (tertiary/aromatic N) is 1. The van der Waals surface area contributed by atoms with Gasteiger partial charge in [0.25, 0.3) is 0 Å². The normalized spacial score (nSPS) is 26.7. The average Bonchev–Trinajstić information content (AvgIpc) is 2.76. The van der Waals surface area contributed by atoms with Crippen molar-refractivity contribution < 1.29 is 9.90 Å². The third-order valence-corrected chi connectivity index (χ3v) is 3.84. The molecule has 16 heavy (non-hydrogen) atoms. The minimum atomic E-state index is -0.642. The highest BCUT2D eigenvalue weighted by Crippen LogP contribution is 2.40. The Kier molecular flexibility index (Phi) is 1.96. The molecule has 0 amide bonds. The average molecular weight is 217 g/mol. The number of aryl methyl sites for hydroxylation is 1. The Labute approximate surface area is 94.7 Å². The van der Waals surface area contributed by atoms with E-state index in [9.17, 15) is 4.79 Å². The smallest absolute Gasteiger partial charge is 0.308 e. The topological polar surface area (TPSA) is 40.5 Å². The molecule has 3 heteroatoms. The van der Waals surface area contributed by atoms with Gasteiger partial charge in [0.2, 0.25) is 0 Å². The van der Waals surface area contributed by atoms with Crippen molar-refractivity contribution in [3.05, 3.63) is 29.3 Å².